The molecule has 66 valence electrons. The zero-order valence-electron chi connectivity index (χ0n) is 6.90. The van der Waals surface area contributed by atoms with Gasteiger partial charge in [0, 0.05) is 11.9 Å². The second-order valence-electron chi connectivity index (χ2n) is 2.34. The number of hydrogen-bond donors (Lipinski definition) is 1. The van der Waals surface area contributed by atoms with Crippen molar-refractivity contribution < 1.29 is 8.42 Å². The first kappa shape index (κ1) is 9.15. The van der Waals surface area contributed by atoms with E-state index >= 15 is 0 Å². The molecule has 5 heteroatoms. The Morgan fingerprint density at radius 2 is 2.17 bits per heavy atom. The highest BCUT2D eigenvalue weighted by atomic mass is 32.2. The van der Waals surface area contributed by atoms with E-state index in [0.29, 0.717) is 5.69 Å². The molecule has 0 bridgehead atoms. The van der Waals surface area contributed by atoms with Crippen LogP contribution in [0.25, 0.3) is 0 Å². The van der Waals surface area contributed by atoms with Gasteiger partial charge in [0.2, 0.25) is 10.0 Å². The van der Waals surface area contributed by atoms with Crippen molar-refractivity contribution in [1.29, 1.82) is 0 Å². The van der Waals surface area contributed by atoms with Gasteiger partial charge in [0.25, 0.3) is 0 Å². The van der Waals surface area contributed by atoms with E-state index in [1.54, 1.807) is 6.92 Å². The van der Waals surface area contributed by atoms with Crippen LogP contribution < -0.4 is 4.72 Å². The molecule has 0 saturated carbocycles. The van der Waals surface area contributed by atoms with Crippen LogP contribution in [0.3, 0.4) is 0 Å². The zero-order valence-corrected chi connectivity index (χ0v) is 7.72. The second-order valence-corrected chi connectivity index (χ2v) is 4.23. The maximum Gasteiger partial charge on any atom is 0.240 e. The van der Waals surface area contributed by atoms with Gasteiger partial charge in [0.1, 0.15) is 0 Å². The van der Waals surface area contributed by atoms with Crippen LogP contribution in [-0.2, 0) is 10.0 Å². The average Bonchev–Trinajstić information content (AvgIpc) is 2.05. The molecular weight excluding hydrogens is 176 g/mol. The first-order valence-corrected chi connectivity index (χ1v) is 4.91. The predicted octanol–water partition coefficient (Wildman–Crippen LogP) is 0.298. The van der Waals surface area contributed by atoms with Gasteiger partial charge >= 0.3 is 0 Å². The minimum Gasteiger partial charge on any atom is -0.262 e. The summed E-state index contributed by atoms with van der Waals surface area (Å²) in [5.74, 6) is 0. The molecule has 4 nitrogen and oxygen atoms in total. The number of pyridine rings is 1. The molecule has 0 saturated heterocycles. The second kappa shape index (κ2) is 3.20. The third-order valence-electron chi connectivity index (χ3n) is 1.45. The molecule has 0 radical (unpaired) electrons. The maximum absolute atomic E-state index is 11.2. The standard InChI is InChI=1S/C7H10N2O2S/c1-6-5-7(3-4-9-6)12(10,11)8-2/h3-5,8H,1-2H3. The van der Waals surface area contributed by atoms with Gasteiger partial charge < -0.3 is 0 Å². The first-order chi connectivity index (χ1) is 5.56. The van der Waals surface area contributed by atoms with E-state index in [4.69, 9.17) is 0 Å². The molecule has 0 atom stereocenters. The number of nitrogens with one attached hydrogen (secondary N) is 1. The lowest BCUT2D eigenvalue weighted by Gasteiger charge is -2.01. The quantitative estimate of drug-likeness (QED) is 0.722. The molecule has 1 aromatic rings. The highest BCUT2D eigenvalue weighted by Crippen LogP contribution is 2.07. The van der Waals surface area contributed by atoms with Crippen LogP contribution in [0.2, 0.25) is 0 Å². The summed E-state index contributed by atoms with van der Waals surface area (Å²) in [6.07, 6.45) is 1.47. The fourth-order valence-corrected chi connectivity index (χ4v) is 1.61. The molecule has 0 aliphatic heterocycles. The van der Waals surface area contributed by atoms with Crippen molar-refractivity contribution in [2.45, 2.75) is 11.8 Å². The molecule has 0 amide bonds. The lowest BCUT2D eigenvalue weighted by Crippen LogP contribution is -2.18. The van der Waals surface area contributed by atoms with E-state index in [-0.39, 0.29) is 4.90 Å². The Morgan fingerprint density at radius 1 is 1.50 bits per heavy atom. The molecular formula is C7H10N2O2S. The highest BCUT2D eigenvalue weighted by Gasteiger charge is 2.10. The van der Waals surface area contributed by atoms with Gasteiger partial charge in [0.05, 0.1) is 4.90 Å². The third-order valence-corrected chi connectivity index (χ3v) is 2.86. The lowest BCUT2D eigenvalue weighted by molar-refractivity contribution is 0.588. The molecule has 0 spiro atoms. The summed E-state index contributed by atoms with van der Waals surface area (Å²) in [7, 11) is -1.93. The number of aryl methyl sites for hydroxylation is 1. The van der Waals surface area contributed by atoms with Crippen molar-refractivity contribution >= 4 is 10.0 Å². The van der Waals surface area contributed by atoms with Crippen LogP contribution in [0, 0.1) is 6.92 Å². The van der Waals surface area contributed by atoms with Crippen LogP contribution in [0.4, 0.5) is 0 Å². The minimum atomic E-state index is -3.31. The smallest absolute Gasteiger partial charge is 0.240 e. The van der Waals surface area contributed by atoms with Crippen LogP contribution in [0.5, 0.6) is 0 Å². The van der Waals surface area contributed by atoms with E-state index in [1.807, 2.05) is 0 Å². The fourth-order valence-electron chi connectivity index (χ4n) is 0.805. The summed E-state index contributed by atoms with van der Waals surface area (Å²) in [6, 6.07) is 2.98. The lowest BCUT2D eigenvalue weighted by atomic mass is 10.4. The van der Waals surface area contributed by atoms with E-state index in [2.05, 4.69) is 9.71 Å². The summed E-state index contributed by atoms with van der Waals surface area (Å²) < 4.78 is 24.7. The molecule has 1 heterocycles. The fraction of sp³-hybridized carbons (Fsp3) is 0.286. The van der Waals surface area contributed by atoms with Crippen molar-refractivity contribution in [3.63, 3.8) is 0 Å². The molecule has 0 aliphatic carbocycles. The van der Waals surface area contributed by atoms with Crippen LogP contribution in [0.15, 0.2) is 23.2 Å². The van der Waals surface area contributed by atoms with Gasteiger partial charge in [-0.2, -0.15) is 0 Å². The number of hydrogen-bond acceptors (Lipinski definition) is 3. The summed E-state index contributed by atoms with van der Waals surface area (Å²) in [5, 5.41) is 0. The average molecular weight is 186 g/mol. The van der Waals surface area contributed by atoms with Crippen molar-refractivity contribution in [3.8, 4) is 0 Å². The van der Waals surface area contributed by atoms with Gasteiger partial charge in [-0.25, -0.2) is 13.1 Å². The number of nitrogens with zero attached hydrogens (tertiary/aromatic N) is 1. The van der Waals surface area contributed by atoms with Crippen LogP contribution >= 0.6 is 0 Å². The van der Waals surface area contributed by atoms with Crippen molar-refractivity contribution in [2.24, 2.45) is 0 Å². The molecule has 1 N–H and O–H groups in total. The van der Waals surface area contributed by atoms with Crippen molar-refractivity contribution in [2.75, 3.05) is 7.05 Å². The van der Waals surface area contributed by atoms with E-state index < -0.39 is 10.0 Å². The van der Waals surface area contributed by atoms with E-state index in [1.165, 1.54) is 25.4 Å². The summed E-state index contributed by atoms with van der Waals surface area (Å²) in [5.41, 5.74) is 0.686. The molecule has 1 aromatic heterocycles. The van der Waals surface area contributed by atoms with Gasteiger partial charge in [-0.05, 0) is 26.1 Å². The molecule has 0 fully saturated rings. The van der Waals surface area contributed by atoms with E-state index in [9.17, 15) is 8.42 Å². The third kappa shape index (κ3) is 1.80. The summed E-state index contributed by atoms with van der Waals surface area (Å²) in [4.78, 5) is 4.14. The van der Waals surface area contributed by atoms with Crippen molar-refractivity contribution in [3.05, 3.63) is 24.0 Å². The highest BCUT2D eigenvalue weighted by molar-refractivity contribution is 7.89. The van der Waals surface area contributed by atoms with Crippen LogP contribution in [-0.4, -0.2) is 20.4 Å². The number of aromatic nitrogens is 1. The Bertz CT molecular complexity index is 373. The number of rotatable bonds is 2. The Hall–Kier alpha value is -0.940. The van der Waals surface area contributed by atoms with Crippen LogP contribution in [0.1, 0.15) is 5.69 Å². The van der Waals surface area contributed by atoms with E-state index in [0.717, 1.165) is 0 Å². The predicted molar refractivity (Wildman–Crippen MR) is 45.2 cm³/mol. The van der Waals surface area contributed by atoms with Crippen molar-refractivity contribution in [1.82, 2.24) is 9.71 Å². The summed E-state index contributed by atoms with van der Waals surface area (Å²) >= 11 is 0. The molecule has 0 aromatic carbocycles. The normalized spacial score (nSPS) is 11.5. The topological polar surface area (TPSA) is 59.1 Å². The largest absolute Gasteiger partial charge is 0.262 e. The Balaban J connectivity index is 3.21. The van der Waals surface area contributed by atoms with Gasteiger partial charge in [-0.3, -0.25) is 4.98 Å². The Labute approximate surface area is 71.7 Å². The minimum absolute atomic E-state index is 0.248. The molecule has 1 rings (SSSR count). The number of sulfonamides is 1. The first-order valence-electron chi connectivity index (χ1n) is 3.42. The molecule has 12 heavy (non-hydrogen) atoms. The van der Waals surface area contributed by atoms with Gasteiger partial charge in [-0.15, -0.1) is 0 Å². The van der Waals surface area contributed by atoms with Gasteiger partial charge in [-0.1, -0.05) is 0 Å². The SMILES string of the molecule is CNS(=O)(=O)c1ccnc(C)c1. The monoisotopic (exact) mass is 186 g/mol. The van der Waals surface area contributed by atoms with Gasteiger partial charge in [0.15, 0.2) is 0 Å². The molecule has 0 aliphatic rings. The Kier molecular flexibility index (Phi) is 2.44. The summed E-state index contributed by atoms with van der Waals surface area (Å²) in [6.45, 7) is 1.74. The zero-order chi connectivity index (χ0) is 9.19. The molecule has 0 unspecified atom stereocenters. The maximum atomic E-state index is 11.2. The Morgan fingerprint density at radius 3 is 2.67 bits per heavy atom.